The van der Waals surface area contributed by atoms with Crippen LogP contribution in [0.2, 0.25) is 19.6 Å². The highest BCUT2D eigenvalue weighted by molar-refractivity contribution is 6.81. The van der Waals surface area contributed by atoms with Crippen LogP contribution in [0.5, 0.6) is 0 Å². The maximum atomic E-state index is 2.62. The quantitative estimate of drug-likeness (QED) is 0.538. The molecule has 0 radical (unpaired) electrons. The van der Waals surface area contributed by atoms with E-state index in [0.29, 0.717) is 0 Å². The van der Waals surface area contributed by atoms with Gasteiger partial charge in [-0.1, -0.05) is 44.3 Å². The van der Waals surface area contributed by atoms with Crippen molar-refractivity contribution in [1.82, 2.24) is 0 Å². The standard InChI is InChI=1S/C11H22Si/c1-10-7-5-6-8-11(10)9-12(2,3)4/h9-10H,5-8H2,1-4H3. The average molecular weight is 182 g/mol. The first kappa shape index (κ1) is 10.0. The molecular weight excluding hydrogens is 160 g/mol. The number of hydrogen-bond acceptors (Lipinski definition) is 0. The molecule has 1 rings (SSSR count). The summed E-state index contributed by atoms with van der Waals surface area (Å²) >= 11 is 0. The van der Waals surface area contributed by atoms with Crippen LogP contribution in [-0.2, 0) is 0 Å². The van der Waals surface area contributed by atoms with Crippen molar-refractivity contribution >= 4 is 8.07 Å². The van der Waals surface area contributed by atoms with Gasteiger partial charge in [0.25, 0.3) is 0 Å². The molecule has 1 atom stereocenters. The normalized spacial score (nSPS) is 29.3. The molecule has 0 N–H and O–H groups in total. The first-order valence-corrected chi connectivity index (χ1v) is 8.78. The summed E-state index contributed by atoms with van der Waals surface area (Å²) in [4.78, 5) is 0. The van der Waals surface area contributed by atoms with E-state index in [4.69, 9.17) is 0 Å². The van der Waals surface area contributed by atoms with Gasteiger partial charge >= 0.3 is 0 Å². The fourth-order valence-corrected chi connectivity index (χ4v) is 3.52. The van der Waals surface area contributed by atoms with E-state index in [1.165, 1.54) is 25.7 Å². The van der Waals surface area contributed by atoms with Gasteiger partial charge in [-0.25, -0.2) is 0 Å². The SMILES string of the molecule is CC1CCCCC1=C[Si](C)(C)C. The number of allylic oxidation sites excluding steroid dienone is 1. The van der Waals surface area contributed by atoms with Gasteiger partial charge < -0.3 is 0 Å². The Morgan fingerprint density at radius 3 is 2.42 bits per heavy atom. The van der Waals surface area contributed by atoms with Crippen LogP contribution in [0.15, 0.2) is 11.3 Å². The van der Waals surface area contributed by atoms with Crippen LogP contribution in [0.4, 0.5) is 0 Å². The lowest BCUT2D eigenvalue weighted by molar-refractivity contribution is 0.484. The zero-order chi connectivity index (χ0) is 9.19. The molecule has 1 heteroatoms. The van der Waals surface area contributed by atoms with E-state index in [1.54, 1.807) is 5.57 Å². The third kappa shape index (κ3) is 3.14. The lowest BCUT2D eigenvalue weighted by Gasteiger charge is -2.24. The van der Waals surface area contributed by atoms with Gasteiger partial charge in [0.1, 0.15) is 0 Å². The second-order valence-corrected chi connectivity index (χ2v) is 10.3. The highest BCUT2D eigenvalue weighted by Crippen LogP contribution is 2.30. The summed E-state index contributed by atoms with van der Waals surface area (Å²) in [6.45, 7) is 9.69. The van der Waals surface area contributed by atoms with E-state index in [1.807, 2.05) is 0 Å². The van der Waals surface area contributed by atoms with Crippen molar-refractivity contribution in [1.29, 1.82) is 0 Å². The first-order valence-electron chi connectivity index (χ1n) is 5.21. The van der Waals surface area contributed by atoms with Crippen LogP contribution in [-0.4, -0.2) is 8.07 Å². The summed E-state index contributed by atoms with van der Waals surface area (Å²) in [6.07, 6.45) is 5.69. The molecule has 70 valence electrons. The van der Waals surface area contributed by atoms with Crippen molar-refractivity contribution in [3.05, 3.63) is 11.3 Å². The summed E-state index contributed by atoms with van der Waals surface area (Å²) in [7, 11) is -0.948. The molecule has 0 amide bonds. The Bertz CT molecular complexity index is 174. The van der Waals surface area contributed by atoms with Gasteiger partial charge in [0, 0.05) is 0 Å². The van der Waals surface area contributed by atoms with Crippen LogP contribution in [0.3, 0.4) is 0 Å². The minimum absolute atomic E-state index is 0.880. The minimum Gasteiger partial charge on any atom is -0.0955 e. The molecule has 12 heavy (non-hydrogen) atoms. The maximum absolute atomic E-state index is 2.62. The topological polar surface area (TPSA) is 0 Å². The van der Waals surface area contributed by atoms with Gasteiger partial charge in [-0.05, 0) is 25.2 Å². The highest BCUT2D eigenvalue weighted by atomic mass is 28.3. The predicted molar refractivity (Wildman–Crippen MR) is 59.1 cm³/mol. The van der Waals surface area contributed by atoms with Gasteiger partial charge in [-0.3, -0.25) is 0 Å². The average Bonchev–Trinajstić information content (AvgIpc) is 1.91. The maximum Gasteiger partial charge on any atom is 0.0686 e. The van der Waals surface area contributed by atoms with Gasteiger partial charge in [0.05, 0.1) is 8.07 Å². The second-order valence-electron chi connectivity index (χ2n) is 5.23. The third-order valence-electron chi connectivity index (χ3n) is 2.60. The molecule has 0 bridgehead atoms. The van der Waals surface area contributed by atoms with Crippen molar-refractivity contribution in [2.75, 3.05) is 0 Å². The zero-order valence-electron chi connectivity index (χ0n) is 8.98. The van der Waals surface area contributed by atoms with Gasteiger partial charge in [0.15, 0.2) is 0 Å². The lowest BCUT2D eigenvalue weighted by Crippen LogP contribution is -2.19. The van der Waals surface area contributed by atoms with Crippen LogP contribution in [0.1, 0.15) is 32.6 Å². The molecule has 1 unspecified atom stereocenters. The third-order valence-corrected chi connectivity index (χ3v) is 3.84. The van der Waals surface area contributed by atoms with Crippen molar-refractivity contribution in [2.24, 2.45) is 5.92 Å². The molecule has 1 aliphatic carbocycles. The van der Waals surface area contributed by atoms with E-state index in [9.17, 15) is 0 Å². The molecule has 1 aliphatic rings. The Hall–Kier alpha value is -0.0431. The van der Waals surface area contributed by atoms with Gasteiger partial charge in [0.2, 0.25) is 0 Å². The number of hydrogen-bond donors (Lipinski definition) is 0. The second kappa shape index (κ2) is 3.78. The molecular formula is C11H22Si. The van der Waals surface area contributed by atoms with E-state index in [0.717, 1.165) is 5.92 Å². The summed E-state index contributed by atoms with van der Waals surface area (Å²) in [5.41, 5.74) is 4.39. The Balaban J connectivity index is 2.65. The zero-order valence-corrected chi connectivity index (χ0v) is 9.98. The van der Waals surface area contributed by atoms with E-state index in [-0.39, 0.29) is 0 Å². The van der Waals surface area contributed by atoms with Crippen molar-refractivity contribution in [2.45, 2.75) is 52.2 Å². The smallest absolute Gasteiger partial charge is 0.0686 e. The molecule has 0 aromatic rings. The molecule has 0 nitrogen and oxygen atoms in total. The van der Waals surface area contributed by atoms with Gasteiger partial charge in [-0.2, -0.15) is 0 Å². The minimum atomic E-state index is -0.948. The van der Waals surface area contributed by atoms with Crippen LogP contribution >= 0.6 is 0 Å². The summed E-state index contributed by atoms with van der Waals surface area (Å²) < 4.78 is 0. The molecule has 0 heterocycles. The largest absolute Gasteiger partial charge is 0.0955 e. The van der Waals surface area contributed by atoms with Crippen molar-refractivity contribution in [3.8, 4) is 0 Å². The van der Waals surface area contributed by atoms with Crippen molar-refractivity contribution < 1.29 is 0 Å². The van der Waals surface area contributed by atoms with Gasteiger partial charge in [-0.15, -0.1) is 0 Å². The molecule has 0 aromatic heterocycles. The Kier molecular flexibility index (Phi) is 3.16. The highest BCUT2D eigenvalue weighted by Gasteiger charge is 2.17. The predicted octanol–water partition coefficient (Wildman–Crippen LogP) is 4.00. The fraction of sp³-hybridized carbons (Fsp3) is 0.818. The molecule has 0 aromatic carbocycles. The van der Waals surface area contributed by atoms with E-state index >= 15 is 0 Å². The molecule has 0 spiro atoms. The van der Waals surface area contributed by atoms with Crippen LogP contribution < -0.4 is 0 Å². The molecule has 0 aliphatic heterocycles. The first-order chi connectivity index (χ1) is 5.49. The number of rotatable bonds is 1. The monoisotopic (exact) mass is 182 g/mol. The molecule has 0 saturated heterocycles. The van der Waals surface area contributed by atoms with Crippen LogP contribution in [0, 0.1) is 5.92 Å². The summed E-state index contributed by atoms with van der Waals surface area (Å²) in [5.74, 6) is 0.880. The molecule has 1 fully saturated rings. The van der Waals surface area contributed by atoms with Crippen molar-refractivity contribution in [3.63, 3.8) is 0 Å². The summed E-state index contributed by atoms with van der Waals surface area (Å²) in [6, 6.07) is 0. The Morgan fingerprint density at radius 2 is 1.92 bits per heavy atom. The Labute approximate surface area is 78.1 Å². The summed E-state index contributed by atoms with van der Waals surface area (Å²) in [5, 5.41) is 0. The molecule has 1 saturated carbocycles. The van der Waals surface area contributed by atoms with Crippen LogP contribution in [0.25, 0.3) is 0 Å². The van der Waals surface area contributed by atoms with E-state index in [2.05, 4.69) is 32.3 Å². The lowest BCUT2D eigenvalue weighted by atomic mass is 9.87. The van der Waals surface area contributed by atoms with E-state index < -0.39 is 8.07 Å². The Morgan fingerprint density at radius 1 is 1.25 bits per heavy atom. The fourth-order valence-electron chi connectivity index (χ4n) is 1.98.